The number of nitrogens with zero attached hydrogens (tertiary/aromatic N) is 1. The smallest absolute Gasteiger partial charge is 0.0403 e. The Morgan fingerprint density at radius 2 is 1.55 bits per heavy atom. The summed E-state index contributed by atoms with van der Waals surface area (Å²) in [4.78, 5) is 2.18. The van der Waals surface area contributed by atoms with Crippen molar-refractivity contribution in [3.63, 3.8) is 0 Å². The van der Waals surface area contributed by atoms with Crippen LogP contribution in [-0.4, -0.2) is 19.0 Å². The monoisotopic (exact) mass is 268 g/mol. The Labute approximate surface area is 122 Å². The van der Waals surface area contributed by atoms with Crippen LogP contribution in [0.25, 0.3) is 0 Å². The van der Waals surface area contributed by atoms with Crippen LogP contribution in [-0.2, 0) is 19.5 Å². The first kappa shape index (κ1) is 14.6. The molecule has 2 aromatic carbocycles. The summed E-state index contributed by atoms with van der Waals surface area (Å²) in [6.07, 6.45) is 1.08. The number of nitrogens with one attached hydrogen (secondary N) is 1. The van der Waals surface area contributed by atoms with Crippen LogP contribution < -0.4 is 5.32 Å². The Kier molecular flexibility index (Phi) is 5.19. The van der Waals surface area contributed by atoms with E-state index in [9.17, 15) is 0 Å². The lowest BCUT2D eigenvalue weighted by molar-refractivity contribution is 0.402. The zero-order valence-electron chi connectivity index (χ0n) is 12.7. The van der Waals surface area contributed by atoms with Crippen molar-refractivity contribution < 1.29 is 0 Å². The molecule has 0 aliphatic carbocycles. The molecule has 2 heteroatoms. The molecular formula is C18H24N2. The van der Waals surface area contributed by atoms with Gasteiger partial charge in [-0.1, -0.05) is 43.3 Å². The normalized spacial score (nSPS) is 10.8. The van der Waals surface area contributed by atoms with E-state index < -0.39 is 0 Å². The van der Waals surface area contributed by atoms with Crippen molar-refractivity contribution in [3.05, 3.63) is 65.2 Å². The largest absolute Gasteiger partial charge is 0.381 e. The van der Waals surface area contributed by atoms with Crippen molar-refractivity contribution in [1.29, 1.82) is 0 Å². The first-order valence-electron chi connectivity index (χ1n) is 7.23. The average Bonchev–Trinajstić information content (AvgIpc) is 2.46. The fraction of sp³-hybridized carbons (Fsp3) is 0.333. The summed E-state index contributed by atoms with van der Waals surface area (Å²) in [7, 11) is 4.18. The fourth-order valence-corrected chi connectivity index (χ4v) is 2.37. The molecule has 1 N–H and O–H groups in total. The molecule has 20 heavy (non-hydrogen) atoms. The molecule has 0 radical (unpaired) electrons. The number of hydrogen-bond donors (Lipinski definition) is 1. The topological polar surface area (TPSA) is 15.3 Å². The zero-order chi connectivity index (χ0) is 14.4. The molecule has 106 valence electrons. The van der Waals surface area contributed by atoms with Gasteiger partial charge in [0.2, 0.25) is 0 Å². The molecule has 2 rings (SSSR count). The molecular weight excluding hydrogens is 244 g/mol. The molecule has 2 nitrogen and oxygen atoms in total. The molecule has 0 aliphatic heterocycles. The van der Waals surface area contributed by atoms with Crippen LogP contribution in [0, 0.1) is 0 Å². The van der Waals surface area contributed by atoms with E-state index in [-0.39, 0.29) is 0 Å². The highest BCUT2D eigenvalue weighted by Gasteiger charge is 2.00. The summed E-state index contributed by atoms with van der Waals surface area (Å²) in [5.41, 5.74) is 5.32. The fourth-order valence-electron chi connectivity index (χ4n) is 2.37. The summed E-state index contributed by atoms with van der Waals surface area (Å²) >= 11 is 0. The standard InChI is InChI=1S/C18H24N2/c1-4-16-7-5-6-8-17(16)13-19-18-11-9-15(10-12-18)14-20(2)3/h5-12,19H,4,13-14H2,1-3H3. The second-order valence-electron chi connectivity index (χ2n) is 5.41. The third-order valence-corrected chi connectivity index (χ3v) is 3.43. The second kappa shape index (κ2) is 7.11. The molecule has 0 bridgehead atoms. The minimum absolute atomic E-state index is 0.886. The number of benzene rings is 2. The maximum absolute atomic E-state index is 3.50. The molecule has 2 aromatic rings. The Balaban J connectivity index is 1.97. The van der Waals surface area contributed by atoms with Gasteiger partial charge < -0.3 is 10.2 Å². The molecule has 0 amide bonds. The Bertz CT molecular complexity index is 529. The lowest BCUT2D eigenvalue weighted by Gasteiger charge is -2.12. The van der Waals surface area contributed by atoms with Crippen LogP contribution in [0.2, 0.25) is 0 Å². The lowest BCUT2D eigenvalue weighted by Crippen LogP contribution is -2.10. The number of hydrogen-bond acceptors (Lipinski definition) is 2. The van der Waals surface area contributed by atoms with Gasteiger partial charge in [0, 0.05) is 18.8 Å². The number of aryl methyl sites for hydroxylation is 1. The van der Waals surface area contributed by atoms with E-state index in [4.69, 9.17) is 0 Å². The van der Waals surface area contributed by atoms with Crippen molar-refractivity contribution in [2.24, 2.45) is 0 Å². The molecule has 0 saturated heterocycles. The predicted octanol–water partition coefficient (Wildman–Crippen LogP) is 3.92. The summed E-state index contributed by atoms with van der Waals surface area (Å²) < 4.78 is 0. The molecule has 0 fully saturated rings. The Morgan fingerprint density at radius 1 is 0.900 bits per heavy atom. The highest BCUT2D eigenvalue weighted by Crippen LogP contribution is 2.14. The minimum Gasteiger partial charge on any atom is -0.381 e. The van der Waals surface area contributed by atoms with E-state index in [1.165, 1.54) is 22.4 Å². The van der Waals surface area contributed by atoms with Crippen LogP contribution in [0.3, 0.4) is 0 Å². The zero-order valence-corrected chi connectivity index (χ0v) is 12.7. The number of anilines is 1. The molecule has 0 unspecified atom stereocenters. The summed E-state index contributed by atoms with van der Waals surface area (Å²) in [5.74, 6) is 0. The molecule has 0 aromatic heterocycles. The average molecular weight is 268 g/mol. The van der Waals surface area contributed by atoms with Gasteiger partial charge in [0.15, 0.2) is 0 Å². The van der Waals surface area contributed by atoms with Crippen LogP contribution in [0.4, 0.5) is 5.69 Å². The van der Waals surface area contributed by atoms with Crippen LogP contribution in [0.5, 0.6) is 0 Å². The van der Waals surface area contributed by atoms with Crippen molar-refractivity contribution in [2.75, 3.05) is 19.4 Å². The minimum atomic E-state index is 0.886. The van der Waals surface area contributed by atoms with Crippen LogP contribution in [0.15, 0.2) is 48.5 Å². The van der Waals surface area contributed by atoms with Gasteiger partial charge in [-0.3, -0.25) is 0 Å². The highest BCUT2D eigenvalue weighted by molar-refractivity contribution is 5.45. The van der Waals surface area contributed by atoms with E-state index >= 15 is 0 Å². The Morgan fingerprint density at radius 3 is 2.15 bits per heavy atom. The number of rotatable bonds is 6. The third-order valence-electron chi connectivity index (χ3n) is 3.43. The molecule has 0 aliphatic rings. The maximum Gasteiger partial charge on any atom is 0.0403 e. The van der Waals surface area contributed by atoms with E-state index in [1.54, 1.807) is 0 Å². The third kappa shape index (κ3) is 4.10. The van der Waals surface area contributed by atoms with Crippen molar-refractivity contribution >= 4 is 5.69 Å². The Hall–Kier alpha value is -1.80. The van der Waals surface area contributed by atoms with E-state index in [0.717, 1.165) is 19.5 Å². The summed E-state index contributed by atoms with van der Waals surface area (Å²) in [5, 5.41) is 3.50. The SMILES string of the molecule is CCc1ccccc1CNc1ccc(CN(C)C)cc1. The molecule has 0 heterocycles. The van der Waals surface area contributed by atoms with Gasteiger partial charge in [0.25, 0.3) is 0 Å². The molecule has 0 atom stereocenters. The first-order chi connectivity index (χ1) is 9.69. The van der Waals surface area contributed by atoms with Crippen molar-refractivity contribution in [3.8, 4) is 0 Å². The van der Waals surface area contributed by atoms with E-state index in [2.05, 4.69) is 79.8 Å². The lowest BCUT2D eigenvalue weighted by atomic mass is 10.1. The predicted molar refractivity (Wildman–Crippen MR) is 87.0 cm³/mol. The molecule has 0 spiro atoms. The highest BCUT2D eigenvalue weighted by atomic mass is 15.0. The van der Waals surface area contributed by atoms with Gasteiger partial charge in [-0.15, -0.1) is 0 Å². The van der Waals surface area contributed by atoms with E-state index in [1.807, 2.05) is 0 Å². The second-order valence-corrected chi connectivity index (χ2v) is 5.41. The summed E-state index contributed by atoms with van der Waals surface area (Å²) in [6, 6.07) is 17.3. The maximum atomic E-state index is 3.50. The molecule has 0 saturated carbocycles. The van der Waals surface area contributed by atoms with Gasteiger partial charge in [0.1, 0.15) is 0 Å². The van der Waals surface area contributed by atoms with Gasteiger partial charge in [0.05, 0.1) is 0 Å². The summed E-state index contributed by atoms with van der Waals surface area (Å²) in [6.45, 7) is 4.07. The van der Waals surface area contributed by atoms with Crippen LogP contribution in [0.1, 0.15) is 23.6 Å². The van der Waals surface area contributed by atoms with Gasteiger partial charge >= 0.3 is 0 Å². The van der Waals surface area contributed by atoms with E-state index in [0.29, 0.717) is 0 Å². The van der Waals surface area contributed by atoms with Crippen molar-refractivity contribution in [1.82, 2.24) is 4.90 Å². The van der Waals surface area contributed by atoms with Crippen LogP contribution >= 0.6 is 0 Å². The van der Waals surface area contributed by atoms with Gasteiger partial charge in [-0.2, -0.15) is 0 Å². The van der Waals surface area contributed by atoms with Gasteiger partial charge in [-0.05, 0) is 49.3 Å². The quantitative estimate of drug-likeness (QED) is 0.854. The first-order valence-corrected chi connectivity index (χ1v) is 7.23. The van der Waals surface area contributed by atoms with Gasteiger partial charge in [-0.25, -0.2) is 0 Å². The van der Waals surface area contributed by atoms with Crippen molar-refractivity contribution in [2.45, 2.75) is 26.4 Å².